The number of allylic oxidation sites excluding steroid dienone is 3. The van der Waals surface area contributed by atoms with Crippen LogP contribution in [0.15, 0.2) is 31.9 Å². The molecule has 3 N–H and O–H groups in total. The van der Waals surface area contributed by atoms with Crippen LogP contribution in [0, 0.1) is 5.92 Å². The maximum absolute atomic E-state index is 12.2. The van der Waals surface area contributed by atoms with E-state index in [0.29, 0.717) is 28.9 Å². The molecule has 2 amide bonds. The van der Waals surface area contributed by atoms with E-state index in [9.17, 15) is 9.59 Å². The molecule has 1 aliphatic carbocycles. The van der Waals surface area contributed by atoms with Crippen LogP contribution >= 0.6 is 46.3 Å². The maximum atomic E-state index is 12.2. The Hall–Kier alpha value is -1.10. The highest BCUT2D eigenvalue weighted by Gasteiger charge is 2.26. The van der Waals surface area contributed by atoms with E-state index in [1.807, 2.05) is 12.2 Å². The lowest BCUT2D eigenvalue weighted by atomic mass is 9.99. The topological polar surface area (TPSA) is 97.5 Å². The van der Waals surface area contributed by atoms with Gasteiger partial charge in [0.1, 0.15) is 0 Å². The van der Waals surface area contributed by atoms with Crippen LogP contribution in [0.3, 0.4) is 0 Å². The summed E-state index contributed by atoms with van der Waals surface area (Å²) in [6.45, 7) is 3.46. The number of nitrogens with two attached hydrogens (primary N) is 1. The molecule has 0 saturated carbocycles. The summed E-state index contributed by atoms with van der Waals surface area (Å²) in [6.07, 6.45) is 4.83. The quantitative estimate of drug-likeness (QED) is 0.515. The molecule has 0 spiro atoms. The molecule has 11 heteroatoms. The van der Waals surface area contributed by atoms with Crippen molar-refractivity contribution in [2.45, 2.75) is 23.3 Å². The highest BCUT2D eigenvalue weighted by molar-refractivity contribution is 8.01. The third kappa shape index (κ3) is 7.25. The predicted octanol–water partition coefficient (Wildman–Crippen LogP) is 2.35. The number of primary amides is 1. The Morgan fingerprint density at radius 2 is 2.27 bits per heavy atom. The van der Waals surface area contributed by atoms with Gasteiger partial charge in [0.15, 0.2) is 4.34 Å². The Labute approximate surface area is 194 Å². The predicted molar refractivity (Wildman–Crippen MR) is 121 cm³/mol. The van der Waals surface area contributed by atoms with Crippen molar-refractivity contribution in [3.63, 3.8) is 0 Å². The SMILES string of the molecule is NC(=O)Cc1csc(SCC(=O)NC[C@H]2CN(CC3CC=CC(Cl)=C3Cl)CCO2)n1. The molecular weight excluding hydrogens is 467 g/mol. The molecule has 1 aromatic rings. The lowest BCUT2D eigenvalue weighted by Crippen LogP contribution is -2.49. The highest BCUT2D eigenvalue weighted by atomic mass is 35.5. The van der Waals surface area contributed by atoms with E-state index >= 15 is 0 Å². The van der Waals surface area contributed by atoms with Crippen LogP contribution in [0.2, 0.25) is 0 Å². The lowest BCUT2D eigenvalue weighted by molar-refractivity contribution is -0.120. The fraction of sp³-hybridized carbons (Fsp3) is 0.526. The molecule has 1 aliphatic heterocycles. The van der Waals surface area contributed by atoms with E-state index in [1.54, 1.807) is 5.38 Å². The average Bonchev–Trinajstić information content (AvgIpc) is 3.15. The van der Waals surface area contributed by atoms with Gasteiger partial charge in [-0.1, -0.05) is 41.0 Å². The Morgan fingerprint density at radius 3 is 3.07 bits per heavy atom. The van der Waals surface area contributed by atoms with Gasteiger partial charge in [-0.05, 0) is 12.5 Å². The largest absolute Gasteiger partial charge is 0.374 e. The number of morpholine rings is 1. The fourth-order valence-electron chi connectivity index (χ4n) is 3.27. The van der Waals surface area contributed by atoms with Gasteiger partial charge in [-0.2, -0.15) is 0 Å². The zero-order valence-electron chi connectivity index (χ0n) is 16.3. The third-order valence-electron chi connectivity index (χ3n) is 4.71. The van der Waals surface area contributed by atoms with Crippen molar-refractivity contribution >= 4 is 58.1 Å². The van der Waals surface area contributed by atoms with E-state index in [1.165, 1.54) is 23.1 Å². The Balaban J connectivity index is 1.38. The zero-order chi connectivity index (χ0) is 21.5. The summed E-state index contributed by atoms with van der Waals surface area (Å²) in [5.41, 5.74) is 5.80. The van der Waals surface area contributed by atoms with Crippen molar-refractivity contribution in [3.8, 4) is 0 Å². The molecule has 0 aromatic carbocycles. The minimum absolute atomic E-state index is 0.0629. The van der Waals surface area contributed by atoms with Gasteiger partial charge in [-0.3, -0.25) is 14.5 Å². The van der Waals surface area contributed by atoms with Gasteiger partial charge < -0.3 is 15.8 Å². The second kappa shape index (κ2) is 11.5. The van der Waals surface area contributed by atoms with Gasteiger partial charge in [0, 0.05) is 42.5 Å². The molecule has 1 saturated heterocycles. The molecule has 7 nitrogen and oxygen atoms in total. The van der Waals surface area contributed by atoms with Crippen molar-refractivity contribution in [2.24, 2.45) is 11.7 Å². The normalized spacial score (nSPS) is 22.3. The second-order valence-corrected chi connectivity index (χ2v) is 10.0. The van der Waals surface area contributed by atoms with Gasteiger partial charge in [-0.25, -0.2) is 4.98 Å². The number of amides is 2. The van der Waals surface area contributed by atoms with E-state index in [0.717, 1.165) is 30.4 Å². The number of thiazole rings is 1. The zero-order valence-corrected chi connectivity index (χ0v) is 19.5. The standard InChI is InChI=1S/C19H24Cl2N4O3S2/c20-15-3-1-2-12(18(15)21)8-25-4-5-28-14(9-25)7-23-17(27)11-30-19-24-13(10-29-19)6-16(22)26/h1,3,10,12,14H,2,4-9,11H2,(H2,22,26)(H,23,27)/t12?,14-/m0/s1. The molecule has 2 aliphatic rings. The molecule has 0 radical (unpaired) electrons. The van der Waals surface area contributed by atoms with Crippen LogP contribution in [-0.2, 0) is 20.7 Å². The van der Waals surface area contributed by atoms with Gasteiger partial charge in [0.05, 0.1) is 35.6 Å². The molecule has 1 unspecified atom stereocenters. The molecule has 1 fully saturated rings. The first-order valence-corrected chi connectivity index (χ1v) is 12.2. The molecule has 1 aromatic heterocycles. The molecule has 2 heterocycles. The minimum Gasteiger partial charge on any atom is -0.374 e. The molecule has 0 bridgehead atoms. The number of nitrogens with one attached hydrogen (secondary N) is 1. The maximum Gasteiger partial charge on any atom is 0.230 e. The first-order valence-electron chi connectivity index (χ1n) is 9.58. The van der Waals surface area contributed by atoms with E-state index in [-0.39, 0.29) is 30.1 Å². The summed E-state index contributed by atoms with van der Waals surface area (Å²) in [6, 6.07) is 0. The van der Waals surface area contributed by atoms with Gasteiger partial charge in [0.2, 0.25) is 11.8 Å². The molecule has 164 valence electrons. The second-order valence-electron chi connectivity index (χ2n) is 7.12. The van der Waals surface area contributed by atoms with Crippen molar-refractivity contribution in [1.82, 2.24) is 15.2 Å². The summed E-state index contributed by atoms with van der Waals surface area (Å²) in [4.78, 5) is 29.7. The van der Waals surface area contributed by atoms with E-state index in [4.69, 9.17) is 33.7 Å². The number of hydrogen-bond acceptors (Lipinski definition) is 7. The van der Waals surface area contributed by atoms with Crippen molar-refractivity contribution in [2.75, 3.05) is 38.5 Å². The summed E-state index contributed by atoms with van der Waals surface area (Å²) in [5.74, 6) is -0.0422. The first kappa shape index (κ1) is 23.6. The number of hydrogen-bond donors (Lipinski definition) is 2. The number of ether oxygens (including phenoxy) is 1. The summed E-state index contributed by atoms with van der Waals surface area (Å²) in [5, 5.41) is 6.04. The van der Waals surface area contributed by atoms with Gasteiger partial charge >= 0.3 is 0 Å². The highest BCUT2D eigenvalue weighted by Crippen LogP contribution is 2.31. The number of halogens is 2. The van der Waals surface area contributed by atoms with Crippen LogP contribution in [0.4, 0.5) is 0 Å². The molecule has 3 rings (SSSR count). The number of aromatic nitrogens is 1. The van der Waals surface area contributed by atoms with E-state index < -0.39 is 5.91 Å². The summed E-state index contributed by atoms with van der Waals surface area (Å²) in [7, 11) is 0. The van der Waals surface area contributed by atoms with Gasteiger partial charge in [0.25, 0.3) is 0 Å². The van der Waals surface area contributed by atoms with Crippen LogP contribution in [0.1, 0.15) is 12.1 Å². The number of carbonyl (C=O) groups excluding carboxylic acids is 2. The molecule has 30 heavy (non-hydrogen) atoms. The van der Waals surface area contributed by atoms with Crippen molar-refractivity contribution < 1.29 is 14.3 Å². The lowest BCUT2D eigenvalue weighted by Gasteiger charge is -2.35. The van der Waals surface area contributed by atoms with Crippen LogP contribution < -0.4 is 11.1 Å². The van der Waals surface area contributed by atoms with Gasteiger partial charge in [-0.15, -0.1) is 11.3 Å². The Kier molecular flexibility index (Phi) is 9.03. The van der Waals surface area contributed by atoms with Crippen LogP contribution in [0.25, 0.3) is 0 Å². The van der Waals surface area contributed by atoms with Crippen molar-refractivity contribution in [3.05, 3.63) is 33.3 Å². The van der Waals surface area contributed by atoms with Crippen LogP contribution in [0.5, 0.6) is 0 Å². The first-order chi connectivity index (χ1) is 14.4. The van der Waals surface area contributed by atoms with E-state index in [2.05, 4.69) is 15.2 Å². The Bertz CT molecular complexity index is 830. The number of rotatable bonds is 9. The monoisotopic (exact) mass is 490 g/mol. The molecular formula is C19H24Cl2N4O3S2. The van der Waals surface area contributed by atoms with Crippen LogP contribution in [-0.4, -0.2) is 66.3 Å². The fourth-order valence-corrected chi connectivity index (χ4v) is 5.41. The number of carbonyl (C=O) groups is 2. The molecule has 2 atom stereocenters. The Morgan fingerprint density at radius 1 is 1.43 bits per heavy atom. The van der Waals surface area contributed by atoms with Crippen molar-refractivity contribution in [1.29, 1.82) is 0 Å². The number of thioether (sulfide) groups is 1. The minimum atomic E-state index is -0.419. The number of nitrogens with zero attached hydrogens (tertiary/aromatic N) is 2. The average molecular weight is 491 g/mol. The third-order valence-corrected chi connectivity index (χ3v) is 7.72. The smallest absolute Gasteiger partial charge is 0.230 e. The summed E-state index contributed by atoms with van der Waals surface area (Å²) >= 11 is 15.2. The summed E-state index contributed by atoms with van der Waals surface area (Å²) < 4.78 is 6.54.